The second-order valence-corrected chi connectivity index (χ2v) is 4.17. The van der Waals surface area contributed by atoms with Gasteiger partial charge in [-0.1, -0.05) is 6.07 Å². The lowest BCUT2D eigenvalue weighted by Crippen LogP contribution is -2.15. The average Bonchev–Trinajstić information content (AvgIpc) is 2.41. The highest BCUT2D eigenvalue weighted by molar-refractivity contribution is 5.98. The molecule has 1 amide bonds. The second kappa shape index (κ2) is 5.34. The highest BCUT2D eigenvalue weighted by Gasteiger charge is 2.10. The minimum Gasteiger partial charge on any atom is -0.397 e. The Morgan fingerprint density at radius 1 is 1.42 bits per heavy atom. The molecule has 98 valence electrons. The topological polar surface area (TPSA) is 107 Å². The van der Waals surface area contributed by atoms with Crippen LogP contribution in [0.15, 0.2) is 36.8 Å². The molecule has 0 aliphatic heterocycles. The van der Waals surface area contributed by atoms with Gasteiger partial charge in [-0.3, -0.25) is 9.78 Å². The van der Waals surface area contributed by atoms with Gasteiger partial charge in [-0.2, -0.15) is 0 Å². The molecular weight excluding hydrogens is 242 g/mol. The summed E-state index contributed by atoms with van der Waals surface area (Å²) < 4.78 is 0. The van der Waals surface area contributed by atoms with Crippen LogP contribution < -0.4 is 16.8 Å². The number of nitrogens with one attached hydrogen (secondary N) is 1. The first-order valence-electron chi connectivity index (χ1n) is 5.79. The Morgan fingerprint density at radius 3 is 2.84 bits per heavy atom. The fraction of sp³-hybridized carbons (Fsp3) is 0.154. The number of nitrogen functional groups attached to an aromatic ring is 1. The fourth-order valence-corrected chi connectivity index (χ4v) is 1.70. The first kappa shape index (κ1) is 12.8. The van der Waals surface area contributed by atoms with Crippen molar-refractivity contribution in [1.82, 2.24) is 9.97 Å². The smallest absolute Gasteiger partial charge is 0.250 e. The first-order chi connectivity index (χ1) is 9.08. The highest BCUT2D eigenvalue weighted by Crippen LogP contribution is 2.19. The quantitative estimate of drug-likeness (QED) is 0.766. The van der Waals surface area contributed by atoms with Crippen LogP contribution in [-0.2, 0) is 0 Å². The molecule has 2 rings (SSSR count). The Bertz CT molecular complexity index is 585. The van der Waals surface area contributed by atoms with Crippen molar-refractivity contribution in [2.24, 2.45) is 5.73 Å². The number of anilines is 2. The molecule has 0 spiro atoms. The van der Waals surface area contributed by atoms with Crippen LogP contribution in [0.5, 0.6) is 0 Å². The first-order valence-corrected chi connectivity index (χ1v) is 5.79. The van der Waals surface area contributed by atoms with E-state index in [0.29, 0.717) is 5.82 Å². The van der Waals surface area contributed by atoms with Crippen molar-refractivity contribution in [2.75, 3.05) is 11.1 Å². The van der Waals surface area contributed by atoms with E-state index in [1.54, 1.807) is 18.5 Å². The Labute approximate surface area is 110 Å². The fourth-order valence-electron chi connectivity index (χ4n) is 1.70. The Morgan fingerprint density at radius 2 is 2.21 bits per heavy atom. The molecule has 0 aliphatic rings. The lowest BCUT2D eigenvalue weighted by atomic mass is 10.1. The molecule has 0 fully saturated rings. The zero-order valence-corrected chi connectivity index (χ0v) is 10.5. The van der Waals surface area contributed by atoms with Crippen LogP contribution >= 0.6 is 0 Å². The molecule has 0 radical (unpaired) electrons. The van der Waals surface area contributed by atoms with E-state index in [1.807, 2.05) is 19.1 Å². The third kappa shape index (κ3) is 2.98. The van der Waals surface area contributed by atoms with Gasteiger partial charge in [-0.25, -0.2) is 4.98 Å². The van der Waals surface area contributed by atoms with Crippen molar-refractivity contribution in [3.05, 3.63) is 47.9 Å². The van der Waals surface area contributed by atoms with E-state index in [-0.39, 0.29) is 17.3 Å². The summed E-state index contributed by atoms with van der Waals surface area (Å²) in [5.41, 5.74) is 12.4. The van der Waals surface area contributed by atoms with Gasteiger partial charge in [0.05, 0.1) is 23.5 Å². The number of amides is 1. The molecule has 19 heavy (non-hydrogen) atoms. The van der Waals surface area contributed by atoms with Crippen molar-refractivity contribution in [1.29, 1.82) is 0 Å². The number of aromatic nitrogens is 2. The van der Waals surface area contributed by atoms with Crippen LogP contribution in [0.25, 0.3) is 0 Å². The molecular formula is C13H15N5O. The molecule has 0 saturated carbocycles. The molecule has 5 N–H and O–H groups in total. The number of primary amides is 1. The van der Waals surface area contributed by atoms with E-state index in [0.717, 1.165) is 5.56 Å². The number of hydrogen-bond donors (Lipinski definition) is 3. The molecule has 1 atom stereocenters. The van der Waals surface area contributed by atoms with Gasteiger partial charge < -0.3 is 16.8 Å². The van der Waals surface area contributed by atoms with Gasteiger partial charge in [0.1, 0.15) is 5.82 Å². The monoisotopic (exact) mass is 257 g/mol. The van der Waals surface area contributed by atoms with Crippen molar-refractivity contribution in [2.45, 2.75) is 13.0 Å². The minimum absolute atomic E-state index is 0.00514. The molecule has 2 aromatic rings. The second-order valence-electron chi connectivity index (χ2n) is 4.17. The third-order valence-corrected chi connectivity index (χ3v) is 2.75. The molecule has 0 bridgehead atoms. The summed E-state index contributed by atoms with van der Waals surface area (Å²) in [4.78, 5) is 19.4. The lowest BCUT2D eigenvalue weighted by Gasteiger charge is -2.15. The minimum atomic E-state index is -0.572. The maximum Gasteiger partial charge on any atom is 0.250 e. The third-order valence-electron chi connectivity index (χ3n) is 2.75. The largest absolute Gasteiger partial charge is 0.397 e. The van der Waals surface area contributed by atoms with Gasteiger partial charge in [0, 0.05) is 12.4 Å². The number of hydrogen-bond acceptors (Lipinski definition) is 5. The van der Waals surface area contributed by atoms with Gasteiger partial charge >= 0.3 is 0 Å². The number of pyridine rings is 2. The molecule has 6 heteroatoms. The normalized spacial score (nSPS) is 11.8. The van der Waals surface area contributed by atoms with E-state index in [9.17, 15) is 4.79 Å². The SMILES string of the molecule is CC(Nc1cc(C(N)=O)c(N)cn1)c1cccnc1. The van der Waals surface area contributed by atoms with Crippen molar-refractivity contribution < 1.29 is 4.79 Å². The van der Waals surface area contributed by atoms with Gasteiger partial charge in [-0.05, 0) is 24.6 Å². The van der Waals surface area contributed by atoms with Gasteiger partial charge in [0.2, 0.25) is 0 Å². The predicted octanol–water partition coefficient (Wildman–Crippen LogP) is 1.33. The summed E-state index contributed by atoms with van der Waals surface area (Å²) in [6, 6.07) is 5.37. The van der Waals surface area contributed by atoms with Crippen LogP contribution in [0.4, 0.5) is 11.5 Å². The number of nitrogens with two attached hydrogens (primary N) is 2. The molecule has 0 aliphatic carbocycles. The highest BCUT2D eigenvalue weighted by atomic mass is 16.1. The van der Waals surface area contributed by atoms with E-state index >= 15 is 0 Å². The van der Waals surface area contributed by atoms with Gasteiger partial charge in [-0.15, -0.1) is 0 Å². The standard InChI is InChI=1S/C13H15N5O/c1-8(9-3-2-4-16-6-9)18-12-5-10(13(15)19)11(14)7-17-12/h2-8H,14H2,1H3,(H2,15,19)(H,17,18). The number of carbonyl (C=O) groups is 1. The van der Waals surface area contributed by atoms with Crippen molar-refractivity contribution >= 4 is 17.4 Å². The Hall–Kier alpha value is -2.63. The maximum atomic E-state index is 11.2. The van der Waals surface area contributed by atoms with Crippen LogP contribution in [0, 0.1) is 0 Å². The molecule has 6 nitrogen and oxygen atoms in total. The van der Waals surface area contributed by atoms with E-state index in [4.69, 9.17) is 11.5 Å². The van der Waals surface area contributed by atoms with E-state index in [1.165, 1.54) is 6.20 Å². The summed E-state index contributed by atoms with van der Waals surface area (Å²) in [7, 11) is 0. The summed E-state index contributed by atoms with van der Waals surface area (Å²) in [5, 5.41) is 3.17. The zero-order chi connectivity index (χ0) is 13.8. The molecule has 1 unspecified atom stereocenters. The predicted molar refractivity (Wildman–Crippen MR) is 73.4 cm³/mol. The van der Waals surface area contributed by atoms with Gasteiger partial charge in [0.15, 0.2) is 0 Å². The van der Waals surface area contributed by atoms with Crippen LogP contribution in [0.1, 0.15) is 28.9 Å². The Balaban J connectivity index is 2.20. The van der Waals surface area contributed by atoms with Crippen molar-refractivity contribution in [3.8, 4) is 0 Å². The lowest BCUT2D eigenvalue weighted by molar-refractivity contribution is 0.100. The average molecular weight is 257 g/mol. The Kier molecular flexibility index (Phi) is 3.61. The summed E-state index contributed by atoms with van der Waals surface area (Å²) in [6.07, 6.45) is 4.89. The number of rotatable bonds is 4. The molecule has 2 heterocycles. The molecule has 0 saturated heterocycles. The molecule has 0 aromatic carbocycles. The summed E-state index contributed by atoms with van der Waals surface area (Å²) in [5.74, 6) is -0.0312. The van der Waals surface area contributed by atoms with Crippen LogP contribution in [0.3, 0.4) is 0 Å². The molecule has 2 aromatic heterocycles. The van der Waals surface area contributed by atoms with Crippen molar-refractivity contribution in [3.63, 3.8) is 0 Å². The number of nitrogens with zero attached hydrogens (tertiary/aromatic N) is 2. The van der Waals surface area contributed by atoms with E-state index in [2.05, 4.69) is 15.3 Å². The van der Waals surface area contributed by atoms with Crippen LogP contribution in [0.2, 0.25) is 0 Å². The summed E-state index contributed by atoms with van der Waals surface area (Å²) >= 11 is 0. The zero-order valence-electron chi connectivity index (χ0n) is 10.5. The maximum absolute atomic E-state index is 11.2. The van der Waals surface area contributed by atoms with Gasteiger partial charge in [0.25, 0.3) is 5.91 Å². The summed E-state index contributed by atoms with van der Waals surface area (Å²) in [6.45, 7) is 1.97. The number of carbonyl (C=O) groups excluding carboxylic acids is 1. The van der Waals surface area contributed by atoms with E-state index < -0.39 is 5.91 Å². The van der Waals surface area contributed by atoms with Crippen LogP contribution in [-0.4, -0.2) is 15.9 Å².